The Morgan fingerprint density at radius 2 is 1.55 bits per heavy atom. The predicted octanol–water partition coefficient (Wildman–Crippen LogP) is 4.56. The van der Waals surface area contributed by atoms with Gasteiger partial charge in [0.05, 0.1) is 31.4 Å². The van der Waals surface area contributed by atoms with Crippen molar-refractivity contribution in [3.8, 4) is 0 Å². The van der Waals surface area contributed by atoms with Crippen molar-refractivity contribution in [1.29, 1.82) is 0 Å². The summed E-state index contributed by atoms with van der Waals surface area (Å²) in [5, 5.41) is 3.75. The minimum absolute atomic E-state index is 0.207. The molecule has 2 saturated carbocycles. The molecule has 0 unspecified atom stereocenters. The van der Waals surface area contributed by atoms with E-state index in [9.17, 15) is 9.59 Å². The number of methoxy groups -OCH3 is 2. The van der Waals surface area contributed by atoms with Crippen molar-refractivity contribution in [2.75, 3.05) is 19.5 Å². The van der Waals surface area contributed by atoms with Gasteiger partial charge in [0.2, 0.25) is 0 Å². The first-order valence-corrected chi connectivity index (χ1v) is 10.3. The van der Waals surface area contributed by atoms with Crippen LogP contribution in [0.5, 0.6) is 0 Å². The maximum absolute atomic E-state index is 12.1. The van der Waals surface area contributed by atoms with Crippen molar-refractivity contribution in [1.82, 2.24) is 0 Å². The number of nitrogens with one attached hydrogen (secondary N) is 1. The molecule has 2 aromatic rings. The molecule has 150 valence electrons. The summed E-state index contributed by atoms with van der Waals surface area (Å²) in [5.41, 5.74) is 4.75. The normalized spacial score (nSPS) is 28.8. The van der Waals surface area contributed by atoms with E-state index in [0.29, 0.717) is 34.8 Å². The van der Waals surface area contributed by atoms with Crippen LogP contribution >= 0.6 is 0 Å². The minimum atomic E-state index is -0.313. The molecule has 2 aromatic carbocycles. The van der Waals surface area contributed by atoms with Gasteiger partial charge in [-0.05, 0) is 84.4 Å². The van der Waals surface area contributed by atoms with E-state index in [1.807, 2.05) is 42.5 Å². The summed E-state index contributed by atoms with van der Waals surface area (Å²) in [7, 11) is 2.83. The number of esters is 2. The van der Waals surface area contributed by atoms with Crippen LogP contribution in [0.25, 0.3) is 0 Å². The molecule has 2 fully saturated rings. The van der Waals surface area contributed by atoms with Crippen molar-refractivity contribution in [2.45, 2.75) is 31.2 Å². The molecule has 0 amide bonds. The molecule has 0 radical (unpaired) electrons. The molecular formula is C24H25NO4. The highest BCUT2D eigenvalue weighted by Gasteiger charge is 2.53. The van der Waals surface area contributed by atoms with Gasteiger partial charge >= 0.3 is 11.9 Å². The fraction of sp³-hybridized carbons (Fsp3) is 0.417. The molecular weight excluding hydrogens is 366 g/mol. The largest absolute Gasteiger partial charge is 0.465 e. The van der Waals surface area contributed by atoms with E-state index in [1.54, 1.807) is 0 Å². The van der Waals surface area contributed by atoms with Gasteiger partial charge in [0, 0.05) is 5.69 Å². The van der Waals surface area contributed by atoms with Gasteiger partial charge in [-0.1, -0.05) is 12.1 Å². The van der Waals surface area contributed by atoms with Crippen molar-refractivity contribution in [2.24, 2.45) is 17.8 Å². The summed E-state index contributed by atoms with van der Waals surface area (Å²) in [6.07, 6.45) is 3.80. The summed E-state index contributed by atoms with van der Waals surface area (Å²) in [6.45, 7) is 0. The summed E-state index contributed by atoms with van der Waals surface area (Å²) >= 11 is 0. The first-order chi connectivity index (χ1) is 14.1. The second kappa shape index (κ2) is 6.90. The van der Waals surface area contributed by atoms with Crippen LogP contribution in [-0.4, -0.2) is 26.2 Å². The molecule has 0 aromatic heterocycles. The van der Waals surface area contributed by atoms with Crippen molar-refractivity contribution in [3.63, 3.8) is 0 Å². The van der Waals surface area contributed by atoms with Crippen LogP contribution in [-0.2, 0) is 9.47 Å². The number of benzene rings is 2. The number of carbonyl (C=O) groups is 2. The molecule has 5 rings (SSSR count). The first kappa shape index (κ1) is 18.2. The van der Waals surface area contributed by atoms with Crippen LogP contribution in [0.3, 0.4) is 0 Å². The Bertz CT molecular complexity index is 967. The summed E-state index contributed by atoms with van der Waals surface area (Å²) in [6, 6.07) is 13.9. The fourth-order valence-corrected chi connectivity index (χ4v) is 6.01. The number of fused-ring (bicyclic) bond motifs is 7. The molecule has 1 aliphatic heterocycles. The van der Waals surface area contributed by atoms with Gasteiger partial charge < -0.3 is 14.8 Å². The average Bonchev–Trinajstić information content (AvgIpc) is 3.40. The van der Waals surface area contributed by atoms with Crippen LogP contribution < -0.4 is 5.32 Å². The molecule has 1 heterocycles. The standard InChI is InChI=1S/C24H25NO4/c1-28-23(26)14-5-3-13(4-6-14)22-21-16-8-7-15(11-16)20(21)18-12-17(24(27)29-2)9-10-19(18)25-22/h3-6,9-10,12,15-16,20-22,25H,7-8,11H2,1-2H3/t15-,16-,20-,21+,22-/m0/s1. The van der Waals surface area contributed by atoms with Gasteiger partial charge in [0.1, 0.15) is 0 Å². The Morgan fingerprint density at radius 1 is 0.897 bits per heavy atom. The van der Waals surface area contributed by atoms with Crippen molar-refractivity contribution >= 4 is 17.6 Å². The van der Waals surface area contributed by atoms with E-state index >= 15 is 0 Å². The van der Waals surface area contributed by atoms with Crippen molar-refractivity contribution < 1.29 is 19.1 Å². The van der Waals surface area contributed by atoms with Crippen LogP contribution in [0.2, 0.25) is 0 Å². The van der Waals surface area contributed by atoms with Crippen LogP contribution in [0.4, 0.5) is 5.69 Å². The zero-order chi connectivity index (χ0) is 20.1. The molecule has 0 saturated heterocycles. The van der Waals surface area contributed by atoms with Crippen LogP contribution in [0.15, 0.2) is 42.5 Å². The van der Waals surface area contributed by atoms with Crippen LogP contribution in [0.1, 0.15) is 63.1 Å². The molecule has 2 bridgehead atoms. The lowest BCUT2D eigenvalue weighted by Crippen LogP contribution is -2.35. The van der Waals surface area contributed by atoms with Gasteiger partial charge in [-0.2, -0.15) is 0 Å². The molecule has 3 aliphatic rings. The molecule has 29 heavy (non-hydrogen) atoms. The van der Waals surface area contributed by atoms with Gasteiger partial charge in [0.25, 0.3) is 0 Å². The molecule has 5 heteroatoms. The quantitative estimate of drug-likeness (QED) is 0.778. The number of carbonyl (C=O) groups excluding carboxylic acids is 2. The molecule has 1 N–H and O–H groups in total. The highest BCUT2D eigenvalue weighted by Crippen LogP contribution is 2.63. The highest BCUT2D eigenvalue weighted by atomic mass is 16.5. The third-order valence-corrected chi connectivity index (χ3v) is 7.20. The molecule has 0 spiro atoms. The van der Waals surface area contributed by atoms with E-state index in [0.717, 1.165) is 5.69 Å². The SMILES string of the molecule is COC(=O)c1ccc([C@@H]2Nc3ccc(C(=O)OC)cc3[C@@H]3[C@H]4CC[C@@H](C4)[C@H]32)cc1. The zero-order valence-corrected chi connectivity index (χ0v) is 16.7. The Hall–Kier alpha value is -2.82. The Labute approximate surface area is 170 Å². The van der Waals surface area contributed by atoms with Gasteiger partial charge in [0.15, 0.2) is 0 Å². The van der Waals surface area contributed by atoms with Crippen LogP contribution in [0, 0.1) is 17.8 Å². The number of anilines is 1. The number of rotatable bonds is 3. The summed E-state index contributed by atoms with van der Waals surface area (Å²) in [5.74, 6) is 1.73. The average molecular weight is 391 g/mol. The summed E-state index contributed by atoms with van der Waals surface area (Å²) < 4.78 is 9.76. The van der Waals surface area contributed by atoms with Gasteiger partial charge in [-0.25, -0.2) is 9.59 Å². The fourth-order valence-electron chi connectivity index (χ4n) is 6.01. The lowest BCUT2D eigenvalue weighted by molar-refractivity contribution is 0.0591. The molecule has 5 nitrogen and oxygen atoms in total. The van der Waals surface area contributed by atoms with E-state index in [2.05, 4.69) is 5.32 Å². The van der Waals surface area contributed by atoms with E-state index in [-0.39, 0.29) is 18.0 Å². The van der Waals surface area contributed by atoms with Gasteiger partial charge in [-0.15, -0.1) is 0 Å². The lowest BCUT2D eigenvalue weighted by Gasteiger charge is -2.43. The Balaban J connectivity index is 1.54. The maximum atomic E-state index is 12.1. The second-order valence-corrected chi connectivity index (χ2v) is 8.47. The Kier molecular flexibility index (Phi) is 4.34. The molecule has 2 aliphatic carbocycles. The molecule has 5 atom stereocenters. The number of hydrogen-bond acceptors (Lipinski definition) is 5. The maximum Gasteiger partial charge on any atom is 0.337 e. The topological polar surface area (TPSA) is 64.6 Å². The van der Waals surface area contributed by atoms with Crippen molar-refractivity contribution in [3.05, 3.63) is 64.7 Å². The van der Waals surface area contributed by atoms with E-state index < -0.39 is 0 Å². The van der Waals surface area contributed by atoms with Gasteiger partial charge in [-0.3, -0.25) is 0 Å². The van der Waals surface area contributed by atoms with E-state index in [4.69, 9.17) is 9.47 Å². The summed E-state index contributed by atoms with van der Waals surface area (Å²) in [4.78, 5) is 23.9. The Morgan fingerprint density at radius 3 is 2.28 bits per heavy atom. The van der Waals surface area contributed by atoms with E-state index in [1.165, 1.54) is 44.6 Å². The first-order valence-electron chi connectivity index (χ1n) is 10.3. The predicted molar refractivity (Wildman–Crippen MR) is 109 cm³/mol. The zero-order valence-electron chi connectivity index (χ0n) is 16.7. The second-order valence-electron chi connectivity index (χ2n) is 8.47. The monoisotopic (exact) mass is 391 g/mol. The number of hydrogen-bond donors (Lipinski definition) is 1. The minimum Gasteiger partial charge on any atom is -0.465 e. The third kappa shape index (κ3) is 2.83. The smallest absolute Gasteiger partial charge is 0.337 e. The highest BCUT2D eigenvalue weighted by molar-refractivity contribution is 5.90. The lowest BCUT2D eigenvalue weighted by atomic mass is 9.68. The number of ether oxygens (including phenoxy) is 2. The third-order valence-electron chi connectivity index (χ3n) is 7.20.